The van der Waals surface area contributed by atoms with E-state index < -0.39 is 23.1 Å². The molecular formula is C29H31N3O5. The average Bonchev–Trinajstić information content (AvgIpc) is 3.28. The number of nitrogens with zero attached hydrogens (tertiary/aromatic N) is 3. The summed E-state index contributed by atoms with van der Waals surface area (Å²) in [5.41, 5.74) is 0.548. The standard InChI is InChI=1S/C29H31N3O5/c1-3-13-31-23-8-5-4-7-22(23)29(28(31)36)24(25(33)21-11-9-20(2)10-12-21)26(34)27(35)32(29)15-6-14-30-16-18-37-19-17-30/h3-5,7-12,33H,1,6,13-19H2,2H3/t29-/m0/s1. The van der Waals surface area contributed by atoms with Gasteiger partial charge in [0.1, 0.15) is 5.76 Å². The Labute approximate surface area is 216 Å². The number of hydrogen-bond donors (Lipinski definition) is 1. The van der Waals surface area contributed by atoms with E-state index in [-0.39, 0.29) is 24.4 Å². The molecule has 2 fully saturated rings. The van der Waals surface area contributed by atoms with Crippen molar-refractivity contribution >= 4 is 29.0 Å². The van der Waals surface area contributed by atoms with E-state index in [0.29, 0.717) is 43.0 Å². The maximum atomic E-state index is 14.3. The molecule has 8 heteroatoms. The molecule has 2 aromatic carbocycles. The zero-order chi connectivity index (χ0) is 26.2. The molecule has 0 aliphatic carbocycles. The summed E-state index contributed by atoms with van der Waals surface area (Å²) < 4.78 is 5.42. The van der Waals surface area contributed by atoms with Crippen LogP contribution in [-0.2, 0) is 24.7 Å². The lowest BCUT2D eigenvalue weighted by Gasteiger charge is -2.35. The summed E-state index contributed by atoms with van der Waals surface area (Å²) in [5.74, 6) is -2.42. The van der Waals surface area contributed by atoms with E-state index in [1.54, 1.807) is 36.4 Å². The summed E-state index contributed by atoms with van der Waals surface area (Å²) in [6.07, 6.45) is 2.18. The van der Waals surface area contributed by atoms with E-state index in [9.17, 15) is 19.5 Å². The number of hydrogen-bond acceptors (Lipinski definition) is 6. The van der Waals surface area contributed by atoms with E-state index >= 15 is 0 Å². The Balaban J connectivity index is 1.65. The van der Waals surface area contributed by atoms with Gasteiger partial charge in [-0.2, -0.15) is 0 Å². The molecule has 2 saturated heterocycles. The quantitative estimate of drug-likeness (QED) is 0.272. The second-order valence-corrected chi connectivity index (χ2v) is 9.62. The summed E-state index contributed by atoms with van der Waals surface area (Å²) in [6.45, 7) is 9.71. The highest BCUT2D eigenvalue weighted by atomic mass is 16.5. The van der Waals surface area contributed by atoms with Crippen LogP contribution in [0.3, 0.4) is 0 Å². The number of ketones is 1. The Morgan fingerprint density at radius 1 is 1.05 bits per heavy atom. The Morgan fingerprint density at radius 3 is 2.46 bits per heavy atom. The predicted molar refractivity (Wildman–Crippen MR) is 140 cm³/mol. The van der Waals surface area contributed by atoms with Crippen LogP contribution in [0.1, 0.15) is 23.1 Å². The average molecular weight is 502 g/mol. The van der Waals surface area contributed by atoms with Gasteiger partial charge in [-0.3, -0.25) is 19.3 Å². The Hall–Kier alpha value is -3.75. The monoisotopic (exact) mass is 501 g/mol. The highest BCUT2D eigenvalue weighted by Crippen LogP contribution is 2.53. The van der Waals surface area contributed by atoms with Crippen LogP contribution in [0.4, 0.5) is 5.69 Å². The van der Waals surface area contributed by atoms with Gasteiger partial charge in [0, 0.05) is 43.9 Å². The zero-order valence-corrected chi connectivity index (χ0v) is 21.0. The largest absolute Gasteiger partial charge is 0.507 e. The fraction of sp³-hybridized carbons (Fsp3) is 0.345. The third-order valence-electron chi connectivity index (χ3n) is 7.41. The summed E-state index contributed by atoms with van der Waals surface area (Å²) in [5, 5.41) is 11.5. The summed E-state index contributed by atoms with van der Waals surface area (Å²) in [6, 6.07) is 14.2. The molecular weight excluding hydrogens is 470 g/mol. The van der Waals surface area contributed by atoms with Crippen molar-refractivity contribution in [3.63, 3.8) is 0 Å². The molecule has 0 saturated carbocycles. The number of carbonyl (C=O) groups is 3. The number of likely N-dealkylation sites (tertiary alicyclic amines) is 1. The van der Waals surface area contributed by atoms with Gasteiger partial charge in [0.25, 0.3) is 17.6 Å². The third-order valence-corrected chi connectivity index (χ3v) is 7.41. The van der Waals surface area contributed by atoms with Crippen molar-refractivity contribution in [3.05, 3.63) is 83.4 Å². The lowest BCUT2D eigenvalue weighted by Crippen LogP contribution is -2.52. The second kappa shape index (κ2) is 9.95. The van der Waals surface area contributed by atoms with Crippen LogP contribution in [0, 0.1) is 6.92 Å². The van der Waals surface area contributed by atoms with Crippen molar-refractivity contribution in [2.24, 2.45) is 0 Å². The number of Topliss-reactive ketones (excluding diaryl/α,β-unsaturated/α-hetero) is 1. The SMILES string of the molecule is C=CCN1C(=O)[C@@]2(C(=C(O)c3ccc(C)cc3)C(=O)C(=O)N2CCCN2CCOCC2)c2ccccc21. The molecule has 2 amide bonds. The summed E-state index contributed by atoms with van der Waals surface area (Å²) >= 11 is 0. The van der Waals surface area contributed by atoms with Gasteiger partial charge >= 0.3 is 0 Å². The second-order valence-electron chi connectivity index (χ2n) is 9.62. The third kappa shape index (κ3) is 3.97. The van der Waals surface area contributed by atoms with Gasteiger partial charge in [-0.25, -0.2) is 0 Å². The minimum atomic E-state index is -1.74. The number of aliphatic hydroxyl groups excluding tert-OH is 1. The van der Waals surface area contributed by atoms with Crippen molar-refractivity contribution in [2.75, 3.05) is 50.8 Å². The van der Waals surface area contributed by atoms with E-state index in [4.69, 9.17) is 4.74 Å². The topological polar surface area (TPSA) is 90.4 Å². The first-order valence-electron chi connectivity index (χ1n) is 12.6. The normalized spacial score (nSPS) is 23.2. The number of amides is 2. The number of carbonyl (C=O) groups excluding carboxylic acids is 3. The van der Waals surface area contributed by atoms with E-state index in [2.05, 4.69) is 11.5 Å². The fourth-order valence-corrected chi connectivity index (χ4v) is 5.61. The van der Waals surface area contributed by atoms with Crippen LogP contribution >= 0.6 is 0 Å². The van der Waals surface area contributed by atoms with Crippen LogP contribution in [0.5, 0.6) is 0 Å². The number of benzene rings is 2. The number of morpholine rings is 1. The van der Waals surface area contributed by atoms with Gasteiger partial charge in [0.15, 0.2) is 5.54 Å². The van der Waals surface area contributed by atoms with Crippen LogP contribution in [-0.4, -0.2) is 78.4 Å². The van der Waals surface area contributed by atoms with Crippen LogP contribution in [0.25, 0.3) is 5.76 Å². The number of aliphatic hydroxyl groups is 1. The maximum absolute atomic E-state index is 14.3. The van der Waals surface area contributed by atoms with Gasteiger partial charge in [-0.1, -0.05) is 54.1 Å². The van der Waals surface area contributed by atoms with Gasteiger partial charge in [-0.15, -0.1) is 6.58 Å². The molecule has 0 radical (unpaired) electrons. The Kier molecular flexibility index (Phi) is 6.70. The molecule has 3 aliphatic heterocycles. The van der Waals surface area contributed by atoms with Crippen molar-refractivity contribution in [2.45, 2.75) is 18.9 Å². The maximum Gasteiger partial charge on any atom is 0.296 e. The molecule has 1 N–H and O–H groups in total. The molecule has 5 rings (SSSR count). The van der Waals surface area contributed by atoms with Gasteiger partial charge < -0.3 is 19.6 Å². The minimum Gasteiger partial charge on any atom is -0.507 e. The minimum absolute atomic E-state index is 0.184. The molecule has 0 unspecified atom stereocenters. The van der Waals surface area contributed by atoms with Crippen molar-refractivity contribution in [3.8, 4) is 0 Å². The number of aryl methyl sites for hydroxylation is 1. The summed E-state index contributed by atoms with van der Waals surface area (Å²) in [7, 11) is 0. The van der Waals surface area contributed by atoms with Crippen LogP contribution in [0.2, 0.25) is 0 Å². The lowest BCUT2D eigenvalue weighted by molar-refractivity contribution is -0.143. The molecule has 37 heavy (non-hydrogen) atoms. The lowest BCUT2D eigenvalue weighted by atomic mass is 9.81. The van der Waals surface area contributed by atoms with E-state index in [1.165, 1.54) is 9.80 Å². The molecule has 8 nitrogen and oxygen atoms in total. The molecule has 192 valence electrons. The van der Waals surface area contributed by atoms with Crippen LogP contribution in [0.15, 0.2) is 66.8 Å². The number of rotatable bonds is 7. The number of anilines is 1. The first-order valence-corrected chi connectivity index (χ1v) is 12.6. The van der Waals surface area contributed by atoms with Crippen molar-refractivity contribution < 1.29 is 24.2 Å². The number of ether oxygens (including phenoxy) is 1. The number of fused-ring (bicyclic) bond motifs is 2. The van der Waals surface area contributed by atoms with Gasteiger partial charge in [0.2, 0.25) is 0 Å². The Morgan fingerprint density at radius 2 is 1.76 bits per heavy atom. The van der Waals surface area contributed by atoms with Crippen molar-refractivity contribution in [1.29, 1.82) is 0 Å². The van der Waals surface area contributed by atoms with Crippen molar-refractivity contribution in [1.82, 2.24) is 9.80 Å². The smallest absolute Gasteiger partial charge is 0.296 e. The number of para-hydroxylation sites is 1. The fourth-order valence-electron chi connectivity index (χ4n) is 5.61. The highest BCUT2D eigenvalue weighted by Gasteiger charge is 2.66. The summed E-state index contributed by atoms with van der Waals surface area (Å²) in [4.78, 5) is 46.6. The van der Waals surface area contributed by atoms with E-state index in [1.807, 2.05) is 25.1 Å². The van der Waals surface area contributed by atoms with Crippen LogP contribution < -0.4 is 4.90 Å². The predicted octanol–water partition coefficient (Wildman–Crippen LogP) is 2.83. The zero-order valence-electron chi connectivity index (χ0n) is 21.0. The molecule has 3 aliphatic rings. The molecule has 2 aromatic rings. The molecule has 0 bridgehead atoms. The molecule has 1 spiro atoms. The van der Waals surface area contributed by atoms with Gasteiger partial charge in [0.05, 0.1) is 24.5 Å². The first-order chi connectivity index (χ1) is 17.9. The van der Waals surface area contributed by atoms with Gasteiger partial charge in [-0.05, 0) is 19.4 Å². The van der Waals surface area contributed by atoms with E-state index in [0.717, 1.165) is 18.7 Å². The molecule has 0 aromatic heterocycles. The first kappa shape index (κ1) is 24.9. The highest BCUT2D eigenvalue weighted by molar-refractivity contribution is 6.50. The Bertz CT molecular complexity index is 1280. The molecule has 3 heterocycles. The molecule has 1 atom stereocenters.